The normalized spacial score (nSPS) is 12.0. The van der Waals surface area contributed by atoms with Gasteiger partial charge in [-0.25, -0.2) is 14.0 Å². The largest absolute Gasteiger partial charge is 0.467 e. The van der Waals surface area contributed by atoms with Gasteiger partial charge in [0.05, 0.1) is 28.6 Å². The van der Waals surface area contributed by atoms with E-state index in [-0.39, 0.29) is 18.3 Å². The second-order valence-electron chi connectivity index (χ2n) is 8.04. The zero-order chi connectivity index (χ0) is 26.4. The highest BCUT2D eigenvalue weighted by molar-refractivity contribution is 7.16. The summed E-state index contributed by atoms with van der Waals surface area (Å²) in [7, 11) is 3.04. The fourth-order valence-corrected chi connectivity index (χ4v) is 4.50. The van der Waals surface area contributed by atoms with Gasteiger partial charge in [-0.2, -0.15) is 0 Å². The standard InChI is InChI=1S/C26H26ClN5O4S/c1-17(19-9-11-20(12-10-19)18(2)30-36-16-22-13-14-24(27)37-22)29-35-15-21-7-5-6-8-23(21)32-25(34-4)28-31(3)26(32)33/h5-14H,15-16H2,1-4H3/b29-17+,30-18+. The van der Waals surface area contributed by atoms with Crippen molar-refractivity contribution in [1.82, 2.24) is 14.3 Å². The molecule has 4 rings (SSSR count). The van der Waals surface area contributed by atoms with Crippen LogP contribution in [-0.2, 0) is 29.9 Å². The topological polar surface area (TPSA) is 92.2 Å². The van der Waals surface area contributed by atoms with Gasteiger partial charge in [0.1, 0.15) is 6.61 Å². The summed E-state index contributed by atoms with van der Waals surface area (Å²) in [5.41, 5.74) is 4.38. The van der Waals surface area contributed by atoms with Crippen LogP contribution in [0.15, 0.2) is 75.8 Å². The maximum atomic E-state index is 12.6. The van der Waals surface area contributed by atoms with E-state index in [2.05, 4.69) is 15.4 Å². The van der Waals surface area contributed by atoms with Gasteiger partial charge in [0.2, 0.25) is 0 Å². The number of rotatable bonds is 10. The molecule has 11 heteroatoms. The van der Waals surface area contributed by atoms with Crippen LogP contribution in [0, 0.1) is 0 Å². The number of hydrogen-bond donors (Lipinski definition) is 0. The average molecular weight is 540 g/mol. The Kier molecular flexibility index (Phi) is 8.42. The summed E-state index contributed by atoms with van der Waals surface area (Å²) in [5, 5.41) is 12.6. The Labute approximate surface area is 223 Å². The molecule has 0 aliphatic heterocycles. The van der Waals surface area contributed by atoms with Gasteiger partial charge in [0, 0.05) is 17.5 Å². The van der Waals surface area contributed by atoms with E-state index in [0.29, 0.717) is 18.0 Å². The van der Waals surface area contributed by atoms with Crippen LogP contribution in [-0.4, -0.2) is 32.9 Å². The molecule has 0 radical (unpaired) electrons. The number of nitrogens with zero attached hydrogens (tertiary/aromatic N) is 5. The van der Waals surface area contributed by atoms with Gasteiger partial charge in [0.25, 0.3) is 0 Å². The van der Waals surface area contributed by atoms with Crippen molar-refractivity contribution >= 4 is 34.4 Å². The number of benzene rings is 2. The number of thiophene rings is 1. The van der Waals surface area contributed by atoms with Crippen LogP contribution >= 0.6 is 22.9 Å². The highest BCUT2D eigenvalue weighted by atomic mass is 35.5. The first-order valence-electron chi connectivity index (χ1n) is 11.3. The summed E-state index contributed by atoms with van der Waals surface area (Å²) in [6, 6.07) is 19.1. The molecular weight excluding hydrogens is 514 g/mol. The molecule has 0 atom stereocenters. The second-order valence-corrected chi connectivity index (χ2v) is 9.84. The Balaban J connectivity index is 1.40. The fraction of sp³-hybridized carbons (Fsp3) is 0.231. The molecule has 0 spiro atoms. The zero-order valence-electron chi connectivity index (χ0n) is 20.8. The number of aryl methyl sites for hydroxylation is 1. The van der Waals surface area contributed by atoms with E-state index in [4.69, 9.17) is 26.0 Å². The van der Waals surface area contributed by atoms with E-state index in [0.717, 1.165) is 31.6 Å². The van der Waals surface area contributed by atoms with E-state index in [1.165, 1.54) is 27.7 Å². The molecule has 0 N–H and O–H groups in total. The van der Waals surface area contributed by atoms with Crippen molar-refractivity contribution in [3.63, 3.8) is 0 Å². The predicted octanol–water partition coefficient (Wildman–Crippen LogP) is 5.18. The molecule has 0 bridgehead atoms. The first-order valence-corrected chi connectivity index (χ1v) is 12.5. The molecule has 2 heterocycles. The van der Waals surface area contributed by atoms with Crippen molar-refractivity contribution in [2.24, 2.45) is 17.4 Å². The summed E-state index contributed by atoms with van der Waals surface area (Å²) in [5.74, 6) is 0. The lowest BCUT2D eigenvalue weighted by molar-refractivity contribution is 0.130. The van der Waals surface area contributed by atoms with Crippen molar-refractivity contribution in [3.05, 3.63) is 97.1 Å². The maximum Gasteiger partial charge on any atom is 0.353 e. The van der Waals surface area contributed by atoms with Crippen LogP contribution in [0.2, 0.25) is 4.34 Å². The third-order valence-corrected chi connectivity index (χ3v) is 6.69. The Morgan fingerprint density at radius 1 is 0.946 bits per heavy atom. The summed E-state index contributed by atoms with van der Waals surface area (Å²) in [4.78, 5) is 24.7. The Morgan fingerprint density at radius 3 is 2.16 bits per heavy atom. The van der Waals surface area contributed by atoms with Gasteiger partial charge in [0.15, 0.2) is 6.61 Å². The first kappa shape index (κ1) is 26.2. The molecule has 0 unspecified atom stereocenters. The SMILES string of the molecule is COc1nn(C)c(=O)n1-c1ccccc1CO/N=C(\C)c1ccc(/C(C)=N/OCc2ccc(Cl)s2)cc1. The highest BCUT2D eigenvalue weighted by Crippen LogP contribution is 2.22. The predicted molar refractivity (Wildman–Crippen MR) is 145 cm³/mol. The summed E-state index contributed by atoms with van der Waals surface area (Å²) >= 11 is 7.41. The van der Waals surface area contributed by atoms with Gasteiger partial charge in [-0.15, -0.1) is 16.4 Å². The molecule has 0 saturated heterocycles. The van der Waals surface area contributed by atoms with Crippen molar-refractivity contribution in [2.45, 2.75) is 27.1 Å². The van der Waals surface area contributed by atoms with Crippen molar-refractivity contribution in [1.29, 1.82) is 0 Å². The molecule has 2 aromatic carbocycles. The summed E-state index contributed by atoms with van der Waals surface area (Å²) in [6.45, 7) is 4.29. The molecule has 0 amide bonds. The van der Waals surface area contributed by atoms with E-state index in [1.807, 2.05) is 74.5 Å². The first-order chi connectivity index (χ1) is 17.9. The lowest BCUT2D eigenvalue weighted by Gasteiger charge is -2.10. The molecule has 37 heavy (non-hydrogen) atoms. The molecule has 0 saturated carbocycles. The quantitative estimate of drug-likeness (QED) is 0.205. The summed E-state index contributed by atoms with van der Waals surface area (Å²) in [6.07, 6.45) is 0. The van der Waals surface area contributed by atoms with Gasteiger partial charge in [-0.1, -0.05) is 64.4 Å². The Bertz CT molecular complexity index is 1490. The molecule has 192 valence electrons. The molecule has 0 aliphatic rings. The third kappa shape index (κ3) is 6.28. The monoisotopic (exact) mass is 539 g/mol. The minimum absolute atomic E-state index is 0.161. The van der Waals surface area contributed by atoms with Crippen molar-refractivity contribution < 1.29 is 14.4 Å². The average Bonchev–Trinajstić information content (AvgIpc) is 3.45. The fourth-order valence-electron chi connectivity index (χ4n) is 3.51. The number of aromatic nitrogens is 3. The van der Waals surface area contributed by atoms with Crippen molar-refractivity contribution in [3.8, 4) is 11.7 Å². The van der Waals surface area contributed by atoms with Crippen LogP contribution in [0.25, 0.3) is 5.69 Å². The zero-order valence-corrected chi connectivity index (χ0v) is 22.4. The second kappa shape index (κ2) is 11.9. The van der Waals surface area contributed by atoms with E-state index >= 15 is 0 Å². The van der Waals surface area contributed by atoms with Gasteiger partial charge < -0.3 is 14.4 Å². The molecular formula is C26H26ClN5O4S. The number of ether oxygens (including phenoxy) is 1. The lowest BCUT2D eigenvalue weighted by Crippen LogP contribution is -2.22. The van der Waals surface area contributed by atoms with E-state index in [9.17, 15) is 4.79 Å². The van der Waals surface area contributed by atoms with E-state index < -0.39 is 0 Å². The van der Waals surface area contributed by atoms with Gasteiger partial charge in [-0.05, 0) is 43.2 Å². The lowest BCUT2D eigenvalue weighted by atomic mass is 10.1. The third-order valence-electron chi connectivity index (χ3n) is 5.49. The number of para-hydroxylation sites is 1. The maximum absolute atomic E-state index is 12.6. The number of methoxy groups -OCH3 is 1. The molecule has 9 nitrogen and oxygen atoms in total. The molecule has 0 aliphatic carbocycles. The number of oxime groups is 2. The van der Waals surface area contributed by atoms with Crippen LogP contribution in [0.4, 0.5) is 0 Å². The Morgan fingerprint density at radius 2 is 1.57 bits per heavy atom. The smallest absolute Gasteiger partial charge is 0.353 e. The van der Waals surface area contributed by atoms with E-state index in [1.54, 1.807) is 7.05 Å². The van der Waals surface area contributed by atoms with Crippen LogP contribution in [0.3, 0.4) is 0 Å². The minimum atomic E-state index is -0.316. The molecule has 2 aromatic heterocycles. The van der Waals surface area contributed by atoms with Crippen molar-refractivity contribution in [2.75, 3.05) is 7.11 Å². The summed E-state index contributed by atoms with van der Waals surface area (Å²) < 4.78 is 8.62. The van der Waals surface area contributed by atoms with Crippen LogP contribution in [0.1, 0.15) is 35.4 Å². The van der Waals surface area contributed by atoms with Crippen LogP contribution in [0.5, 0.6) is 6.01 Å². The Hall–Kier alpha value is -3.89. The number of hydrogen-bond acceptors (Lipinski definition) is 8. The number of halogens is 1. The molecule has 0 fully saturated rings. The van der Waals surface area contributed by atoms with Gasteiger partial charge in [-0.3, -0.25) is 0 Å². The van der Waals surface area contributed by atoms with Crippen LogP contribution < -0.4 is 10.4 Å². The minimum Gasteiger partial charge on any atom is -0.467 e. The highest BCUT2D eigenvalue weighted by Gasteiger charge is 2.16. The van der Waals surface area contributed by atoms with Gasteiger partial charge >= 0.3 is 11.7 Å². The molecule has 4 aromatic rings.